The highest BCUT2D eigenvalue weighted by atomic mass is 15.2. The van der Waals surface area contributed by atoms with Crippen LogP contribution in [-0.4, -0.2) is 11.3 Å². The number of para-hydroxylation sites is 2. The van der Waals surface area contributed by atoms with Gasteiger partial charge in [0, 0.05) is 50.6 Å². The second kappa shape index (κ2) is 16.3. The smallest absolute Gasteiger partial charge is 0.252 e. The van der Waals surface area contributed by atoms with Crippen LogP contribution in [0.15, 0.2) is 267 Å². The van der Waals surface area contributed by atoms with Crippen molar-refractivity contribution in [2.24, 2.45) is 0 Å². The lowest BCUT2D eigenvalue weighted by Crippen LogP contribution is -2.61. The number of rotatable bonds is 7. The van der Waals surface area contributed by atoms with Gasteiger partial charge in [-0.25, -0.2) is 0 Å². The van der Waals surface area contributed by atoms with Crippen LogP contribution < -0.4 is 26.2 Å². The van der Waals surface area contributed by atoms with E-state index in [0.717, 1.165) is 95.0 Å². The number of benzene rings is 11. The Morgan fingerprint density at radius 1 is 0.300 bits per heavy atom. The van der Waals surface area contributed by atoms with Crippen molar-refractivity contribution < 1.29 is 11.0 Å². The first-order valence-electron chi connectivity index (χ1n) is 27.5. The molecule has 0 bridgehead atoms. The molecule has 2 aliphatic heterocycles. The van der Waals surface area contributed by atoms with Crippen molar-refractivity contribution in [1.29, 1.82) is 0 Å². The zero-order valence-corrected chi connectivity index (χ0v) is 37.7. The normalized spacial score (nSPS) is 14.1. The summed E-state index contributed by atoms with van der Waals surface area (Å²) in [4.78, 5) is 4.69. The third kappa shape index (κ3) is 6.45. The van der Waals surface area contributed by atoms with Crippen LogP contribution in [0, 0.1) is 0 Å². The summed E-state index contributed by atoms with van der Waals surface area (Å²) in [5.41, 5.74) is 17.9. The van der Waals surface area contributed by atoms with Crippen LogP contribution >= 0.6 is 0 Å². The predicted molar refractivity (Wildman–Crippen MR) is 297 cm³/mol. The highest BCUT2D eigenvalue weighted by molar-refractivity contribution is 7.00. The molecule has 4 heteroatoms. The molecule has 0 spiro atoms. The number of hydrogen-bond acceptors (Lipinski definition) is 2. The molecule has 0 unspecified atom stereocenters. The van der Waals surface area contributed by atoms with Crippen LogP contribution in [0.5, 0.6) is 0 Å². The lowest BCUT2D eigenvalue weighted by atomic mass is 9.33. The van der Waals surface area contributed by atoms with E-state index in [1.807, 2.05) is 48.5 Å². The fraction of sp³-hybridized carbons (Fsp3) is 0. The van der Waals surface area contributed by atoms with Gasteiger partial charge in [-0.2, -0.15) is 0 Å². The van der Waals surface area contributed by atoms with Gasteiger partial charge in [-0.05, 0) is 128 Å². The quantitative estimate of drug-likeness (QED) is 0.148. The van der Waals surface area contributed by atoms with Gasteiger partial charge in [0.1, 0.15) is 0 Å². The Labute approximate surface area is 419 Å². The highest BCUT2D eigenvalue weighted by Gasteiger charge is 2.44. The molecule has 0 saturated heterocycles. The topological polar surface area (TPSA) is 11.4 Å². The van der Waals surface area contributed by atoms with E-state index >= 15 is 0 Å². The molecule has 326 valence electrons. The number of aromatic nitrogens is 1. The first kappa shape index (κ1) is 32.6. The standard InChI is InChI=1S/C66H44BN3/c1-5-17-45(18-6-1)49-29-34-53(35-30-49)68-62-40-33-51(47-21-9-3-10-22-47)41-59(62)67-58-39-38-55(70-60-27-15-13-25-56(60)57-26-14-16-28-61(57)70)44-63(58)69(54-36-31-50(32-37-54)46-19-7-2-8-20-46)65-43-52(42-64(68)66(65)67)48-23-11-4-12-24-48/h1-44H/i13D,14D,15D,16D,25D,26D,27D,28D. The molecule has 14 rings (SSSR count). The Balaban J connectivity index is 1.10. The molecule has 0 aliphatic carbocycles. The van der Waals surface area contributed by atoms with E-state index in [0.29, 0.717) is 5.69 Å². The molecule has 2 aliphatic rings. The predicted octanol–water partition coefficient (Wildman–Crippen LogP) is 15.5. The van der Waals surface area contributed by atoms with Crippen molar-refractivity contribution in [3.63, 3.8) is 0 Å². The minimum atomic E-state index is -0.483. The van der Waals surface area contributed by atoms with Crippen molar-refractivity contribution in [3.05, 3.63) is 267 Å². The largest absolute Gasteiger partial charge is 0.311 e. The average molecular weight is 898 g/mol. The lowest BCUT2D eigenvalue weighted by Gasteiger charge is -2.44. The van der Waals surface area contributed by atoms with Crippen LogP contribution in [0.4, 0.5) is 34.1 Å². The molecule has 0 fully saturated rings. The molecule has 12 aromatic rings. The van der Waals surface area contributed by atoms with Gasteiger partial charge in [-0.1, -0.05) is 200 Å². The van der Waals surface area contributed by atoms with Crippen molar-refractivity contribution in [2.45, 2.75) is 0 Å². The van der Waals surface area contributed by atoms with Gasteiger partial charge in [-0.15, -0.1) is 0 Å². The van der Waals surface area contributed by atoms with Crippen LogP contribution in [0.1, 0.15) is 11.0 Å². The summed E-state index contributed by atoms with van der Waals surface area (Å²) in [5, 5.41) is 0.0613. The molecule has 1 aromatic heterocycles. The van der Waals surface area contributed by atoms with Gasteiger partial charge in [0.05, 0.1) is 22.0 Å². The Morgan fingerprint density at radius 3 is 1.23 bits per heavy atom. The van der Waals surface area contributed by atoms with Crippen molar-refractivity contribution in [1.82, 2.24) is 4.57 Å². The minimum Gasteiger partial charge on any atom is -0.311 e. The van der Waals surface area contributed by atoms with E-state index in [4.69, 9.17) is 5.48 Å². The molecule has 0 radical (unpaired) electrons. The number of fused-ring (bicyclic) bond motifs is 7. The summed E-state index contributed by atoms with van der Waals surface area (Å²) in [7, 11) is 0. The zero-order chi connectivity index (χ0) is 53.1. The molecule has 0 atom stereocenters. The van der Waals surface area contributed by atoms with E-state index in [1.165, 1.54) is 0 Å². The molecular weight excluding hydrogens is 846 g/mol. The number of nitrogens with zero attached hydrogens (tertiary/aromatic N) is 3. The SMILES string of the molecule is [2H]c1c([2H])c([2H])c2c(c1[2H])c1c([2H])c([2H])c([2H])c([2H])c1n2-c1ccc2c(c1)N(c1ccc(-c3ccccc3)cc1)c1cc(-c3ccccc3)cc3c1B2c1cc(-c2ccccc2)ccc1N3c1ccc(-c2ccccc2)cc1. The molecule has 3 heterocycles. The van der Waals surface area contributed by atoms with Crippen molar-refractivity contribution in [3.8, 4) is 50.2 Å². The zero-order valence-electron chi connectivity index (χ0n) is 45.7. The van der Waals surface area contributed by atoms with Crippen LogP contribution in [-0.2, 0) is 0 Å². The number of hydrogen-bond donors (Lipinski definition) is 0. The summed E-state index contributed by atoms with van der Waals surface area (Å²) in [5.74, 6) is 0. The van der Waals surface area contributed by atoms with E-state index in [1.54, 1.807) is 4.57 Å². The van der Waals surface area contributed by atoms with Crippen molar-refractivity contribution in [2.75, 3.05) is 9.80 Å². The lowest BCUT2D eigenvalue weighted by molar-refractivity contribution is 1.17. The third-order valence-electron chi connectivity index (χ3n) is 14.0. The third-order valence-corrected chi connectivity index (χ3v) is 14.0. The second-order valence-electron chi connectivity index (χ2n) is 17.9. The van der Waals surface area contributed by atoms with Gasteiger partial charge in [0.15, 0.2) is 0 Å². The molecule has 0 saturated carbocycles. The van der Waals surface area contributed by atoms with Crippen LogP contribution in [0.3, 0.4) is 0 Å². The summed E-state index contributed by atoms with van der Waals surface area (Å²) >= 11 is 0. The van der Waals surface area contributed by atoms with Gasteiger partial charge >= 0.3 is 0 Å². The summed E-state index contributed by atoms with van der Waals surface area (Å²) in [6, 6.07) is 72.9. The highest BCUT2D eigenvalue weighted by Crippen LogP contribution is 2.47. The van der Waals surface area contributed by atoms with Crippen LogP contribution in [0.25, 0.3) is 72.0 Å². The van der Waals surface area contributed by atoms with Gasteiger partial charge in [0.2, 0.25) is 0 Å². The Hall–Kier alpha value is -9.12. The molecule has 70 heavy (non-hydrogen) atoms. The fourth-order valence-electron chi connectivity index (χ4n) is 10.8. The molecule has 11 aromatic carbocycles. The minimum absolute atomic E-state index is 0.0307. The summed E-state index contributed by atoms with van der Waals surface area (Å²) < 4.78 is 74.2. The second-order valence-corrected chi connectivity index (χ2v) is 17.9. The maximum absolute atomic E-state index is 9.42. The van der Waals surface area contributed by atoms with E-state index in [2.05, 4.69) is 180 Å². The maximum Gasteiger partial charge on any atom is 0.252 e. The van der Waals surface area contributed by atoms with Crippen LogP contribution in [0.2, 0.25) is 0 Å². The molecule has 3 nitrogen and oxygen atoms in total. The summed E-state index contributed by atoms with van der Waals surface area (Å²) in [6.45, 7) is -0.338. The first-order valence-corrected chi connectivity index (χ1v) is 23.5. The summed E-state index contributed by atoms with van der Waals surface area (Å²) in [6.07, 6.45) is 0. The molecule has 0 N–H and O–H groups in total. The fourth-order valence-corrected chi connectivity index (χ4v) is 10.8. The number of anilines is 6. The van der Waals surface area contributed by atoms with Gasteiger partial charge in [0.25, 0.3) is 6.71 Å². The maximum atomic E-state index is 9.42. The van der Waals surface area contributed by atoms with Gasteiger partial charge in [-0.3, -0.25) is 0 Å². The first-order chi connectivity index (χ1) is 38.0. The van der Waals surface area contributed by atoms with Gasteiger partial charge < -0.3 is 14.4 Å². The monoisotopic (exact) mass is 897 g/mol. The van der Waals surface area contributed by atoms with Crippen molar-refractivity contribution >= 4 is 79.0 Å². The Kier molecular flexibility index (Phi) is 7.58. The average Bonchev–Trinajstić information content (AvgIpc) is 3.60. The molecule has 0 amide bonds. The van der Waals surface area contributed by atoms with E-state index in [9.17, 15) is 5.48 Å². The van der Waals surface area contributed by atoms with E-state index < -0.39 is 24.2 Å². The Bertz CT molecular complexity index is 4330. The molecular formula is C66H44BN3. The Morgan fingerprint density at radius 2 is 0.714 bits per heavy atom. The van der Waals surface area contributed by atoms with E-state index in [-0.39, 0.29) is 52.7 Å².